The molecular weight excluding hydrogens is 228 g/mol. The summed E-state index contributed by atoms with van der Waals surface area (Å²) in [5.74, 6) is -0.330. The van der Waals surface area contributed by atoms with Crippen molar-refractivity contribution in [2.75, 3.05) is 6.54 Å². The van der Waals surface area contributed by atoms with Gasteiger partial charge in [-0.3, -0.25) is 9.78 Å². The molecule has 0 saturated carbocycles. The largest absolute Gasteiger partial charge is 0.460 e. The van der Waals surface area contributed by atoms with Crippen molar-refractivity contribution in [3.63, 3.8) is 0 Å². The smallest absolute Gasteiger partial charge is 0.310 e. The van der Waals surface area contributed by atoms with Crippen LogP contribution in [0.2, 0.25) is 0 Å². The first kappa shape index (κ1) is 14.6. The van der Waals surface area contributed by atoms with Crippen molar-refractivity contribution in [1.29, 1.82) is 0 Å². The van der Waals surface area contributed by atoms with Crippen molar-refractivity contribution in [3.8, 4) is 0 Å². The van der Waals surface area contributed by atoms with E-state index < -0.39 is 5.60 Å². The Hall–Kier alpha value is -1.42. The molecule has 1 heterocycles. The average Bonchev–Trinajstić information content (AvgIpc) is 2.28. The lowest BCUT2D eigenvalue weighted by Crippen LogP contribution is -2.32. The molecule has 0 fully saturated rings. The van der Waals surface area contributed by atoms with Crippen LogP contribution >= 0.6 is 0 Å². The Morgan fingerprint density at radius 3 is 2.72 bits per heavy atom. The summed E-state index contributed by atoms with van der Waals surface area (Å²) in [7, 11) is 0. The van der Waals surface area contributed by atoms with Crippen LogP contribution < -0.4 is 5.32 Å². The Morgan fingerprint density at radius 1 is 1.44 bits per heavy atom. The second-order valence-electron chi connectivity index (χ2n) is 5.39. The summed E-state index contributed by atoms with van der Waals surface area (Å²) in [6.07, 6.45) is 1.76. The van der Waals surface area contributed by atoms with E-state index in [1.807, 2.05) is 45.9 Å². The van der Waals surface area contributed by atoms with E-state index in [-0.39, 0.29) is 11.9 Å². The monoisotopic (exact) mass is 250 g/mol. The van der Waals surface area contributed by atoms with Crippen LogP contribution in [-0.4, -0.2) is 23.1 Å². The maximum atomic E-state index is 11.7. The maximum absolute atomic E-state index is 11.7. The van der Waals surface area contributed by atoms with E-state index in [0.29, 0.717) is 13.1 Å². The van der Waals surface area contributed by atoms with Gasteiger partial charge in [-0.1, -0.05) is 13.0 Å². The summed E-state index contributed by atoms with van der Waals surface area (Å²) in [4.78, 5) is 15.9. The minimum atomic E-state index is -0.424. The van der Waals surface area contributed by atoms with Crippen LogP contribution in [0.1, 0.15) is 33.4 Å². The Morgan fingerprint density at radius 2 is 2.17 bits per heavy atom. The van der Waals surface area contributed by atoms with Crippen molar-refractivity contribution in [1.82, 2.24) is 10.3 Å². The van der Waals surface area contributed by atoms with Gasteiger partial charge in [0.15, 0.2) is 0 Å². The van der Waals surface area contributed by atoms with E-state index in [2.05, 4.69) is 10.3 Å². The molecule has 100 valence electrons. The van der Waals surface area contributed by atoms with Gasteiger partial charge < -0.3 is 10.1 Å². The molecule has 4 heteroatoms. The predicted octanol–water partition coefficient (Wildman–Crippen LogP) is 2.15. The topological polar surface area (TPSA) is 51.2 Å². The maximum Gasteiger partial charge on any atom is 0.310 e. The van der Waals surface area contributed by atoms with Gasteiger partial charge in [-0.2, -0.15) is 0 Å². The van der Waals surface area contributed by atoms with Crippen LogP contribution in [0.5, 0.6) is 0 Å². The van der Waals surface area contributed by atoms with Crippen LogP contribution in [0.3, 0.4) is 0 Å². The number of pyridine rings is 1. The van der Waals surface area contributed by atoms with Crippen molar-refractivity contribution in [3.05, 3.63) is 30.1 Å². The fraction of sp³-hybridized carbons (Fsp3) is 0.571. The lowest BCUT2D eigenvalue weighted by Gasteiger charge is -2.22. The quantitative estimate of drug-likeness (QED) is 0.814. The summed E-state index contributed by atoms with van der Waals surface area (Å²) in [6, 6.07) is 5.78. The second kappa shape index (κ2) is 6.50. The number of carbonyl (C=O) groups is 1. The third-order valence-electron chi connectivity index (χ3n) is 2.29. The normalized spacial score (nSPS) is 13.1. The number of aromatic nitrogens is 1. The number of esters is 1. The van der Waals surface area contributed by atoms with Crippen LogP contribution in [0.25, 0.3) is 0 Å². The number of ether oxygens (including phenoxy) is 1. The zero-order valence-electron chi connectivity index (χ0n) is 11.6. The van der Waals surface area contributed by atoms with E-state index in [4.69, 9.17) is 4.74 Å². The summed E-state index contributed by atoms with van der Waals surface area (Å²) in [5, 5.41) is 3.20. The number of nitrogens with zero attached hydrogens (tertiary/aromatic N) is 1. The molecule has 1 aromatic rings. The van der Waals surface area contributed by atoms with Crippen LogP contribution in [0, 0.1) is 5.92 Å². The zero-order valence-corrected chi connectivity index (χ0v) is 11.6. The molecule has 0 aliphatic carbocycles. The first-order valence-electron chi connectivity index (χ1n) is 6.22. The highest BCUT2D eigenvalue weighted by molar-refractivity contribution is 5.72. The molecule has 0 aliphatic heterocycles. The summed E-state index contributed by atoms with van der Waals surface area (Å²) < 4.78 is 5.31. The van der Waals surface area contributed by atoms with Gasteiger partial charge in [0, 0.05) is 19.3 Å². The van der Waals surface area contributed by atoms with Crippen molar-refractivity contribution in [2.24, 2.45) is 5.92 Å². The van der Waals surface area contributed by atoms with E-state index >= 15 is 0 Å². The highest BCUT2D eigenvalue weighted by atomic mass is 16.6. The molecule has 0 aliphatic rings. The zero-order chi connectivity index (χ0) is 13.6. The highest BCUT2D eigenvalue weighted by Gasteiger charge is 2.21. The van der Waals surface area contributed by atoms with Gasteiger partial charge in [0.05, 0.1) is 11.6 Å². The molecule has 1 rings (SSSR count). The summed E-state index contributed by atoms with van der Waals surface area (Å²) in [6.45, 7) is 8.73. The van der Waals surface area contributed by atoms with Crippen molar-refractivity contribution >= 4 is 5.97 Å². The molecule has 4 nitrogen and oxygen atoms in total. The fourth-order valence-electron chi connectivity index (χ4n) is 1.41. The minimum Gasteiger partial charge on any atom is -0.460 e. The molecule has 1 atom stereocenters. The number of nitrogens with one attached hydrogen (secondary N) is 1. The van der Waals surface area contributed by atoms with Gasteiger partial charge in [-0.05, 0) is 32.9 Å². The Balaban J connectivity index is 2.29. The Bertz CT molecular complexity index is 371. The van der Waals surface area contributed by atoms with Crippen LogP contribution in [-0.2, 0) is 16.1 Å². The van der Waals surface area contributed by atoms with E-state index in [9.17, 15) is 4.79 Å². The first-order valence-corrected chi connectivity index (χ1v) is 6.22. The fourth-order valence-corrected chi connectivity index (χ4v) is 1.41. The van der Waals surface area contributed by atoms with Gasteiger partial charge in [-0.15, -0.1) is 0 Å². The number of carbonyl (C=O) groups excluding carboxylic acids is 1. The lowest BCUT2D eigenvalue weighted by molar-refractivity contribution is -0.159. The molecule has 0 spiro atoms. The number of hydrogen-bond donors (Lipinski definition) is 1. The van der Waals surface area contributed by atoms with Gasteiger partial charge in [-0.25, -0.2) is 0 Å². The third kappa shape index (κ3) is 5.77. The van der Waals surface area contributed by atoms with Crippen molar-refractivity contribution < 1.29 is 9.53 Å². The third-order valence-corrected chi connectivity index (χ3v) is 2.29. The predicted molar refractivity (Wildman–Crippen MR) is 71.0 cm³/mol. The van der Waals surface area contributed by atoms with E-state index in [0.717, 1.165) is 5.69 Å². The number of rotatable bonds is 5. The Kier molecular flexibility index (Phi) is 5.28. The molecule has 0 unspecified atom stereocenters. The molecule has 0 bridgehead atoms. The lowest BCUT2D eigenvalue weighted by atomic mass is 10.1. The van der Waals surface area contributed by atoms with Gasteiger partial charge in [0.2, 0.25) is 0 Å². The molecule has 1 N–H and O–H groups in total. The molecule has 0 aromatic carbocycles. The molecule has 1 aromatic heterocycles. The second-order valence-corrected chi connectivity index (χ2v) is 5.39. The van der Waals surface area contributed by atoms with Gasteiger partial charge in [0.1, 0.15) is 5.60 Å². The van der Waals surface area contributed by atoms with Crippen LogP contribution in [0.15, 0.2) is 24.4 Å². The van der Waals surface area contributed by atoms with E-state index in [1.54, 1.807) is 6.20 Å². The van der Waals surface area contributed by atoms with Gasteiger partial charge >= 0.3 is 5.97 Å². The molecule has 0 amide bonds. The molecule has 0 saturated heterocycles. The Labute approximate surface area is 109 Å². The standard InChI is InChI=1S/C14H22N2O2/c1-11(13(17)18-14(2,3)4)9-15-10-12-7-5-6-8-16-12/h5-8,11,15H,9-10H2,1-4H3/t11-/m1/s1. The highest BCUT2D eigenvalue weighted by Crippen LogP contribution is 2.10. The average molecular weight is 250 g/mol. The van der Waals surface area contributed by atoms with Gasteiger partial charge in [0.25, 0.3) is 0 Å². The summed E-state index contributed by atoms with van der Waals surface area (Å²) >= 11 is 0. The SMILES string of the molecule is C[C@H](CNCc1ccccn1)C(=O)OC(C)(C)C. The van der Waals surface area contributed by atoms with E-state index in [1.165, 1.54) is 0 Å². The first-order chi connectivity index (χ1) is 8.38. The minimum absolute atomic E-state index is 0.159. The number of hydrogen-bond acceptors (Lipinski definition) is 4. The summed E-state index contributed by atoms with van der Waals surface area (Å²) in [5.41, 5.74) is 0.542. The molecular formula is C14H22N2O2. The van der Waals surface area contributed by atoms with Crippen LogP contribution in [0.4, 0.5) is 0 Å². The van der Waals surface area contributed by atoms with Crippen molar-refractivity contribution in [2.45, 2.75) is 39.8 Å². The molecule has 0 radical (unpaired) electrons. The molecule has 18 heavy (non-hydrogen) atoms.